The van der Waals surface area contributed by atoms with Gasteiger partial charge in [-0.1, -0.05) is 6.07 Å². The van der Waals surface area contributed by atoms with E-state index in [0.29, 0.717) is 24.6 Å². The first kappa shape index (κ1) is 14.8. The normalized spacial score (nSPS) is 32.7. The lowest BCUT2D eigenvalue weighted by molar-refractivity contribution is -0.150. The van der Waals surface area contributed by atoms with E-state index in [9.17, 15) is 4.79 Å². The molecular formula is C14H20ClNO2S. The maximum Gasteiger partial charge on any atom is 0.309 e. The van der Waals surface area contributed by atoms with Gasteiger partial charge in [0.05, 0.1) is 12.5 Å². The Kier molecular flexibility index (Phi) is 4.87. The number of piperidine rings is 1. The van der Waals surface area contributed by atoms with Crippen LogP contribution in [0.1, 0.15) is 37.0 Å². The second-order valence-electron chi connectivity index (χ2n) is 5.18. The van der Waals surface area contributed by atoms with E-state index in [2.05, 4.69) is 22.8 Å². The summed E-state index contributed by atoms with van der Waals surface area (Å²) in [5, 5.41) is 5.75. The quantitative estimate of drug-likeness (QED) is 0.872. The average molecular weight is 302 g/mol. The van der Waals surface area contributed by atoms with Crippen molar-refractivity contribution >= 4 is 29.7 Å². The summed E-state index contributed by atoms with van der Waals surface area (Å²) in [5.41, 5.74) is 0. The lowest BCUT2D eigenvalue weighted by Crippen LogP contribution is -2.46. The highest BCUT2D eigenvalue weighted by Gasteiger charge is 2.46. The minimum absolute atomic E-state index is 0. The molecule has 0 aromatic carbocycles. The number of thiophene rings is 1. The number of esters is 1. The molecule has 1 N–H and O–H groups in total. The van der Waals surface area contributed by atoms with Gasteiger partial charge in [-0.25, -0.2) is 0 Å². The standard InChI is InChI=1S/C14H19NO2S.ClH/c1-2-17-14(16)10-8-9-5-6-11(15-9)13(10)12-4-3-7-18-12;/h3-4,7,9-11,13,15H,2,5-6,8H2,1H3;1H/t9-,10+,11-,13+;/m1./s1. The first-order chi connectivity index (χ1) is 8.79. The fourth-order valence-corrected chi connectivity index (χ4v) is 4.38. The highest BCUT2D eigenvalue weighted by molar-refractivity contribution is 7.10. The van der Waals surface area contributed by atoms with Crippen LogP contribution in [0, 0.1) is 5.92 Å². The summed E-state index contributed by atoms with van der Waals surface area (Å²) in [6.07, 6.45) is 3.31. The van der Waals surface area contributed by atoms with Crippen molar-refractivity contribution in [1.82, 2.24) is 5.32 Å². The monoisotopic (exact) mass is 301 g/mol. The van der Waals surface area contributed by atoms with Gasteiger partial charge in [-0.2, -0.15) is 0 Å². The van der Waals surface area contributed by atoms with Crippen molar-refractivity contribution in [2.24, 2.45) is 5.92 Å². The fraction of sp³-hybridized carbons (Fsp3) is 0.643. The third-order valence-electron chi connectivity index (χ3n) is 4.14. The van der Waals surface area contributed by atoms with Gasteiger partial charge in [0.15, 0.2) is 0 Å². The zero-order valence-corrected chi connectivity index (χ0v) is 12.6. The Bertz CT molecular complexity index is 423. The molecule has 0 unspecified atom stereocenters. The minimum Gasteiger partial charge on any atom is -0.466 e. The number of nitrogens with one attached hydrogen (secondary N) is 1. The third-order valence-corrected chi connectivity index (χ3v) is 5.12. The smallest absolute Gasteiger partial charge is 0.309 e. The summed E-state index contributed by atoms with van der Waals surface area (Å²) in [4.78, 5) is 13.5. The third kappa shape index (κ3) is 2.81. The summed E-state index contributed by atoms with van der Waals surface area (Å²) in [6.45, 7) is 2.36. The topological polar surface area (TPSA) is 38.3 Å². The molecular weight excluding hydrogens is 282 g/mol. The van der Waals surface area contributed by atoms with E-state index in [-0.39, 0.29) is 24.3 Å². The van der Waals surface area contributed by atoms with E-state index in [4.69, 9.17) is 4.74 Å². The van der Waals surface area contributed by atoms with Crippen LogP contribution in [0.5, 0.6) is 0 Å². The molecule has 3 rings (SSSR count). The number of carbonyl (C=O) groups excluding carboxylic acids is 1. The molecule has 1 aromatic rings. The van der Waals surface area contributed by atoms with Crippen LogP contribution < -0.4 is 5.32 Å². The van der Waals surface area contributed by atoms with Gasteiger partial charge in [0, 0.05) is 22.9 Å². The first-order valence-electron chi connectivity index (χ1n) is 6.75. The molecule has 106 valence electrons. The van der Waals surface area contributed by atoms with Gasteiger partial charge in [0.2, 0.25) is 0 Å². The van der Waals surface area contributed by atoms with E-state index in [1.807, 2.05) is 6.92 Å². The van der Waals surface area contributed by atoms with Crippen LogP contribution in [0.15, 0.2) is 17.5 Å². The van der Waals surface area contributed by atoms with Gasteiger partial charge in [0.1, 0.15) is 0 Å². The zero-order valence-electron chi connectivity index (χ0n) is 11.0. The Hall–Kier alpha value is -0.580. The highest BCUT2D eigenvalue weighted by Crippen LogP contribution is 2.43. The van der Waals surface area contributed by atoms with Crippen molar-refractivity contribution < 1.29 is 9.53 Å². The molecule has 2 saturated heterocycles. The molecule has 5 heteroatoms. The van der Waals surface area contributed by atoms with E-state index in [0.717, 1.165) is 6.42 Å². The predicted octanol–water partition coefficient (Wildman–Crippen LogP) is 2.96. The molecule has 3 nitrogen and oxygen atoms in total. The molecule has 0 radical (unpaired) electrons. The van der Waals surface area contributed by atoms with Gasteiger partial charge in [0.25, 0.3) is 0 Å². The molecule has 19 heavy (non-hydrogen) atoms. The van der Waals surface area contributed by atoms with Crippen LogP contribution in [0.4, 0.5) is 0 Å². The van der Waals surface area contributed by atoms with E-state index in [1.54, 1.807) is 11.3 Å². The fourth-order valence-electron chi connectivity index (χ4n) is 3.42. The molecule has 0 spiro atoms. The second kappa shape index (κ2) is 6.25. The second-order valence-corrected chi connectivity index (χ2v) is 6.16. The summed E-state index contributed by atoms with van der Waals surface area (Å²) in [7, 11) is 0. The van der Waals surface area contributed by atoms with Gasteiger partial charge in [-0.15, -0.1) is 23.7 Å². The summed E-state index contributed by atoms with van der Waals surface area (Å²) < 4.78 is 5.27. The Balaban J connectivity index is 0.00000133. The summed E-state index contributed by atoms with van der Waals surface area (Å²) in [5.74, 6) is 0.347. The molecule has 3 heterocycles. The molecule has 1 aromatic heterocycles. The van der Waals surface area contributed by atoms with Crippen LogP contribution in [-0.4, -0.2) is 24.7 Å². The Morgan fingerprint density at radius 1 is 1.53 bits per heavy atom. The number of carbonyl (C=O) groups is 1. The maximum absolute atomic E-state index is 12.2. The Morgan fingerprint density at radius 3 is 3.05 bits per heavy atom. The summed E-state index contributed by atoms with van der Waals surface area (Å²) in [6, 6.07) is 5.20. The number of ether oxygens (including phenoxy) is 1. The van der Waals surface area contributed by atoms with Crippen molar-refractivity contribution in [3.8, 4) is 0 Å². The van der Waals surface area contributed by atoms with Crippen molar-refractivity contribution in [1.29, 1.82) is 0 Å². The van der Waals surface area contributed by atoms with Crippen molar-refractivity contribution in [2.75, 3.05) is 6.61 Å². The van der Waals surface area contributed by atoms with E-state index >= 15 is 0 Å². The van der Waals surface area contributed by atoms with Gasteiger partial charge >= 0.3 is 5.97 Å². The van der Waals surface area contributed by atoms with Crippen molar-refractivity contribution in [2.45, 2.75) is 44.2 Å². The molecule has 0 aliphatic carbocycles. The SMILES string of the molecule is CCOC(=O)[C@H]1C[C@H]2CC[C@@H](N2)[C@H]1c1cccs1.Cl. The predicted molar refractivity (Wildman–Crippen MR) is 79.0 cm³/mol. The maximum atomic E-state index is 12.2. The Morgan fingerprint density at radius 2 is 2.37 bits per heavy atom. The largest absolute Gasteiger partial charge is 0.466 e. The van der Waals surface area contributed by atoms with Crippen LogP contribution in [-0.2, 0) is 9.53 Å². The van der Waals surface area contributed by atoms with E-state index < -0.39 is 0 Å². The van der Waals surface area contributed by atoms with Gasteiger partial charge in [-0.3, -0.25) is 4.79 Å². The van der Waals surface area contributed by atoms with Crippen LogP contribution >= 0.6 is 23.7 Å². The number of halogens is 1. The lowest BCUT2D eigenvalue weighted by atomic mass is 9.80. The van der Waals surface area contributed by atoms with Gasteiger partial charge in [-0.05, 0) is 37.6 Å². The van der Waals surface area contributed by atoms with Crippen LogP contribution in [0.25, 0.3) is 0 Å². The van der Waals surface area contributed by atoms with E-state index in [1.165, 1.54) is 17.7 Å². The number of fused-ring (bicyclic) bond motifs is 2. The van der Waals surface area contributed by atoms with Gasteiger partial charge < -0.3 is 10.1 Å². The van der Waals surface area contributed by atoms with Crippen LogP contribution in [0.2, 0.25) is 0 Å². The molecule has 2 aliphatic rings. The van der Waals surface area contributed by atoms with Crippen molar-refractivity contribution in [3.05, 3.63) is 22.4 Å². The number of hydrogen-bond donors (Lipinski definition) is 1. The Labute approximate surface area is 124 Å². The zero-order chi connectivity index (χ0) is 12.5. The molecule has 2 bridgehead atoms. The molecule has 2 fully saturated rings. The highest BCUT2D eigenvalue weighted by atomic mass is 35.5. The average Bonchev–Trinajstić information content (AvgIpc) is 3.00. The molecule has 4 atom stereocenters. The molecule has 2 aliphatic heterocycles. The number of rotatable bonds is 3. The summed E-state index contributed by atoms with van der Waals surface area (Å²) >= 11 is 1.76. The minimum atomic E-state index is -0.00528. The molecule has 0 amide bonds. The first-order valence-corrected chi connectivity index (χ1v) is 7.63. The van der Waals surface area contributed by atoms with Crippen molar-refractivity contribution in [3.63, 3.8) is 0 Å². The van der Waals surface area contributed by atoms with Crippen LogP contribution in [0.3, 0.4) is 0 Å². The lowest BCUT2D eigenvalue weighted by Gasteiger charge is -2.35. The molecule has 0 saturated carbocycles. The number of hydrogen-bond acceptors (Lipinski definition) is 4.